The van der Waals surface area contributed by atoms with E-state index >= 15 is 0 Å². The minimum atomic E-state index is -0.811. The van der Waals surface area contributed by atoms with Gasteiger partial charge in [-0.05, 0) is 44.6 Å². The van der Waals surface area contributed by atoms with Crippen LogP contribution in [-0.4, -0.2) is 30.6 Å². The molecule has 2 atom stereocenters. The summed E-state index contributed by atoms with van der Waals surface area (Å²) in [5.74, 6) is 0.219. The fourth-order valence-corrected chi connectivity index (χ4v) is 3.41. The van der Waals surface area contributed by atoms with Gasteiger partial charge in [0.1, 0.15) is 0 Å². The number of aliphatic hydroxyl groups is 1. The van der Waals surface area contributed by atoms with Crippen molar-refractivity contribution in [1.82, 2.24) is 4.90 Å². The van der Waals surface area contributed by atoms with Gasteiger partial charge in [0.25, 0.3) is 0 Å². The summed E-state index contributed by atoms with van der Waals surface area (Å²) < 4.78 is 12.7. The van der Waals surface area contributed by atoms with Crippen molar-refractivity contribution in [1.29, 1.82) is 0 Å². The Bertz CT molecular complexity index is 426. The molecular formula is C15H22FNOS. The van der Waals surface area contributed by atoms with E-state index in [2.05, 4.69) is 4.90 Å². The molecular weight excluding hydrogens is 261 g/mol. The highest BCUT2D eigenvalue weighted by Gasteiger charge is 2.40. The SMILES string of the molecule is CN(C)CC1CCCC[C@]1(O)c1cccc(SF)c1. The van der Waals surface area contributed by atoms with Gasteiger partial charge in [0.2, 0.25) is 0 Å². The Labute approximate surface area is 119 Å². The largest absolute Gasteiger partial charge is 0.385 e. The van der Waals surface area contributed by atoms with Gasteiger partial charge in [-0.15, -0.1) is 0 Å². The molecule has 1 unspecified atom stereocenters. The van der Waals surface area contributed by atoms with Crippen LogP contribution >= 0.6 is 12.1 Å². The second kappa shape index (κ2) is 6.25. The van der Waals surface area contributed by atoms with Gasteiger partial charge in [0, 0.05) is 17.4 Å². The van der Waals surface area contributed by atoms with Crippen LogP contribution in [-0.2, 0) is 5.60 Å². The Morgan fingerprint density at radius 3 is 2.89 bits per heavy atom. The van der Waals surface area contributed by atoms with Crippen molar-refractivity contribution >= 4 is 12.1 Å². The summed E-state index contributed by atoms with van der Waals surface area (Å²) in [6.45, 7) is 0.865. The highest BCUT2D eigenvalue weighted by molar-refractivity contribution is 7.94. The minimum absolute atomic E-state index is 0.219. The molecule has 0 radical (unpaired) electrons. The first-order valence-corrected chi connectivity index (χ1v) is 7.54. The van der Waals surface area contributed by atoms with E-state index in [1.165, 1.54) is 6.42 Å². The average molecular weight is 283 g/mol. The van der Waals surface area contributed by atoms with Crippen molar-refractivity contribution in [3.8, 4) is 0 Å². The van der Waals surface area contributed by atoms with Gasteiger partial charge in [-0.3, -0.25) is 0 Å². The molecule has 0 heterocycles. The third-order valence-corrected chi connectivity index (χ3v) is 4.48. The summed E-state index contributed by atoms with van der Waals surface area (Å²) in [5, 5.41) is 11.1. The molecule has 1 aromatic rings. The molecule has 2 nitrogen and oxygen atoms in total. The quantitative estimate of drug-likeness (QED) is 0.913. The summed E-state index contributed by atoms with van der Waals surface area (Å²) in [4.78, 5) is 2.69. The maximum absolute atomic E-state index is 12.7. The van der Waals surface area contributed by atoms with E-state index in [-0.39, 0.29) is 18.1 Å². The standard InChI is InChI=1S/C15H22FNOS/c1-17(2)11-13-6-3-4-9-15(13,18)12-7-5-8-14(10-12)19-16/h5,7-8,10,13,18H,3-4,6,9,11H2,1-2H3/t13?,15-/m0/s1. The van der Waals surface area contributed by atoms with Crippen molar-refractivity contribution in [3.63, 3.8) is 0 Å². The fraction of sp³-hybridized carbons (Fsp3) is 0.600. The van der Waals surface area contributed by atoms with Crippen LogP contribution in [0.3, 0.4) is 0 Å². The van der Waals surface area contributed by atoms with Gasteiger partial charge < -0.3 is 10.0 Å². The number of benzene rings is 1. The number of halogens is 1. The highest BCUT2D eigenvalue weighted by Crippen LogP contribution is 2.42. The molecule has 0 bridgehead atoms. The lowest BCUT2D eigenvalue weighted by molar-refractivity contribution is -0.0620. The van der Waals surface area contributed by atoms with Crippen LogP contribution in [0.1, 0.15) is 31.2 Å². The van der Waals surface area contributed by atoms with Gasteiger partial charge in [0.05, 0.1) is 17.7 Å². The van der Waals surface area contributed by atoms with E-state index in [9.17, 15) is 8.99 Å². The molecule has 0 aromatic heterocycles. The Kier molecular flexibility index (Phi) is 4.87. The fourth-order valence-electron chi connectivity index (χ4n) is 3.10. The van der Waals surface area contributed by atoms with Crippen LogP contribution in [0.15, 0.2) is 29.2 Å². The molecule has 1 aliphatic rings. The molecule has 4 heteroatoms. The molecule has 1 fully saturated rings. The first kappa shape index (κ1) is 14.8. The molecule has 19 heavy (non-hydrogen) atoms. The van der Waals surface area contributed by atoms with E-state index in [0.717, 1.165) is 31.4 Å². The molecule has 1 aliphatic carbocycles. The third kappa shape index (κ3) is 3.30. The first-order valence-electron chi connectivity index (χ1n) is 6.82. The summed E-state index contributed by atoms with van der Waals surface area (Å²) in [5.41, 5.74) is 0.0514. The molecule has 1 N–H and O–H groups in total. The number of nitrogens with zero attached hydrogens (tertiary/aromatic N) is 1. The summed E-state index contributed by atoms with van der Waals surface area (Å²) in [7, 11) is 4.06. The summed E-state index contributed by atoms with van der Waals surface area (Å²) >= 11 is 0.239. The van der Waals surface area contributed by atoms with E-state index in [1.54, 1.807) is 12.1 Å². The Morgan fingerprint density at radius 1 is 1.42 bits per heavy atom. The smallest absolute Gasteiger partial charge is 0.0937 e. The molecule has 1 aromatic carbocycles. The zero-order valence-corrected chi connectivity index (χ0v) is 12.4. The second-order valence-corrected chi connectivity index (χ2v) is 6.36. The van der Waals surface area contributed by atoms with E-state index in [0.29, 0.717) is 4.90 Å². The van der Waals surface area contributed by atoms with Crippen molar-refractivity contribution in [2.45, 2.75) is 36.2 Å². The van der Waals surface area contributed by atoms with Gasteiger partial charge >= 0.3 is 0 Å². The predicted molar refractivity (Wildman–Crippen MR) is 77.8 cm³/mol. The average Bonchev–Trinajstić information content (AvgIpc) is 2.41. The zero-order valence-electron chi connectivity index (χ0n) is 11.6. The molecule has 2 rings (SSSR count). The van der Waals surface area contributed by atoms with Crippen molar-refractivity contribution in [2.75, 3.05) is 20.6 Å². The van der Waals surface area contributed by atoms with E-state index in [1.807, 2.05) is 26.2 Å². The van der Waals surface area contributed by atoms with Gasteiger partial charge in [-0.25, -0.2) is 0 Å². The molecule has 0 spiro atoms. The lowest BCUT2D eigenvalue weighted by Crippen LogP contribution is -2.43. The topological polar surface area (TPSA) is 23.5 Å². The lowest BCUT2D eigenvalue weighted by Gasteiger charge is -2.41. The minimum Gasteiger partial charge on any atom is -0.385 e. The van der Waals surface area contributed by atoms with Crippen molar-refractivity contribution in [3.05, 3.63) is 29.8 Å². The maximum atomic E-state index is 12.7. The van der Waals surface area contributed by atoms with Crippen LogP contribution in [0.4, 0.5) is 3.89 Å². The number of rotatable bonds is 4. The van der Waals surface area contributed by atoms with E-state index in [4.69, 9.17) is 0 Å². The Balaban J connectivity index is 2.30. The van der Waals surface area contributed by atoms with Crippen molar-refractivity contribution in [2.24, 2.45) is 5.92 Å². The molecule has 0 aliphatic heterocycles. The summed E-state index contributed by atoms with van der Waals surface area (Å²) in [6, 6.07) is 7.28. The molecule has 1 saturated carbocycles. The Hall–Kier alpha value is -0.580. The van der Waals surface area contributed by atoms with Crippen molar-refractivity contribution < 1.29 is 8.99 Å². The van der Waals surface area contributed by atoms with Gasteiger partial charge in [-0.2, -0.15) is 3.89 Å². The van der Waals surface area contributed by atoms with Crippen LogP contribution in [0.2, 0.25) is 0 Å². The second-order valence-electron chi connectivity index (χ2n) is 5.73. The summed E-state index contributed by atoms with van der Waals surface area (Å²) in [6.07, 6.45) is 4.00. The van der Waals surface area contributed by atoms with Gasteiger partial charge in [0.15, 0.2) is 0 Å². The van der Waals surface area contributed by atoms with Crippen LogP contribution in [0.25, 0.3) is 0 Å². The predicted octanol–water partition coefficient (Wildman–Crippen LogP) is 3.60. The normalized spacial score (nSPS) is 27.7. The van der Waals surface area contributed by atoms with Crippen LogP contribution in [0.5, 0.6) is 0 Å². The first-order chi connectivity index (χ1) is 9.06. The van der Waals surface area contributed by atoms with Gasteiger partial charge in [-0.1, -0.05) is 25.0 Å². The number of hydrogen-bond acceptors (Lipinski definition) is 3. The monoisotopic (exact) mass is 283 g/mol. The Morgan fingerprint density at radius 2 is 2.21 bits per heavy atom. The molecule has 0 amide bonds. The van der Waals surface area contributed by atoms with E-state index < -0.39 is 5.60 Å². The molecule has 106 valence electrons. The third-order valence-electron chi connectivity index (χ3n) is 4.04. The number of hydrogen-bond donors (Lipinski definition) is 1. The maximum Gasteiger partial charge on any atom is 0.0937 e. The lowest BCUT2D eigenvalue weighted by atomic mass is 9.71. The highest BCUT2D eigenvalue weighted by atomic mass is 32.2. The molecule has 0 saturated heterocycles. The van der Waals surface area contributed by atoms with Crippen LogP contribution < -0.4 is 0 Å². The zero-order chi connectivity index (χ0) is 13.9. The van der Waals surface area contributed by atoms with Crippen LogP contribution in [0, 0.1) is 5.92 Å².